The number of carboxylic acids is 1. The predicted octanol–water partition coefficient (Wildman–Crippen LogP) is 1.33. The van der Waals surface area contributed by atoms with Crippen LogP contribution in [0.25, 0.3) is 0 Å². The molecule has 0 aromatic carbocycles. The van der Waals surface area contributed by atoms with Gasteiger partial charge in [-0.2, -0.15) is 0 Å². The molecule has 1 heterocycles. The summed E-state index contributed by atoms with van der Waals surface area (Å²) in [6.07, 6.45) is 0. The number of rotatable bonds is 6. The van der Waals surface area contributed by atoms with Crippen LogP contribution in [-0.2, 0) is 14.8 Å². The zero-order valence-corrected chi connectivity index (χ0v) is 12.9. The van der Waals surface area contributed by atoms with E-state index in [1.807, 2.05) is 0 Å². The molecule has 0 bridgehead atoms. The van der Waals surface area contributed by atoms with Crippen molar-refractivity contribution in [1.82, 2.24) is 9.71 Å². The summed E-state index contributed by atoms with van der Waals surface area (Å²) in [6, 6.07) is 2.92. The first kappa shape index (κ1) is 16.6. The molecule has 0 spiro atoms. The second-order valence-electron chi connectivity index (χ2n) is 5.13. The van der Waals surface area contributed by atoms with Crippen LogP contribution in [0.15, 0.2) is 17.0 Å². The third-order valence-corrected chi connectivity index (χ3v) is 4.38. The molecule has 0 aliphatic rings. The molecule has 6 nitrogen and oxygen atoms in total. The van der Waals surface area contributed by atoms with Crippen molar-refractivity contribution in [3.63, 3.8) is 0 Å². The van der Waals surface area contributed by atoms with Crippen molar-refractivity contribution in [1.29, 1.82) is 0 Å². The average Bonchev–Trinajstić information content (AvgIpc) is 2.26. The number of pyridine rings is 1. The molecule has 1 rings (SSSR count). The number of nitrogens with zero attached hydrogens (tertiary/aromatic N) is 1. The first-order valence-corrected chi connectivity index (χ1v) is 7.79. The molecule has 2 N–H and O–H groups in total. The summed E-state index contributed by atoms with van der Waals surface area (Å²) in [7, 11) is -3.72. The molecule has 1 atom stereocenters. The standard InChI is InChI=1S/C13H20N2O4S/c1-8(2)12(13(16)17)7-14-20(18,19)11-5-9(3)15-10(4)6-11/h5-6,8,12,14H,7H2,1-4H3,(H,16,17). The van der Waals surface area contributed by atoms with Gasteiger partial charge in [0, 0.05) is 17.9 Å². The lowest BCUT2D eigenvalue weighted by Gasteiger charge is -2.17. The van der Waals surface area contributed by atoms with Crippen LogP contribution in [0.5, 0.6) is 0 Å². The smallest absolute Gasteiger partial charge is 0.308 e. The molecule has 7 heteroatoms. The molecule has 0 saturated carbocycles. The Bertz CT molecular complexity index is 576. The molecule has 0 saturated heterocycles. The number of hydrogen-bond donors (Lipinski definition) is 2. The normalized spacial score (nSPS) is 13.4. The Kier molecular flexibility index (Phi) is 5.24. The molecule has 1 aromatic heterocycles. The molecular weight excluding hydrogens is 280 g/mol. The maximum absolute atomic E-state index is 12.2. The van der Waals surface area contributed by atoms with Crippen LogP contribution in [0.4, 0.5) is 0 Å². The number of hydrogen-bond acceptors (Lipinski definition) is 4. The summed E-state index contributed by atoms with van der Waals surface area (Å²) in [4.78, 5) is 15.3. The molecule has 0 fully saturated rings. The van der Waals surface area contributed by atoms with Crippen molar-refractivity contribution in [2.75, 3.05) is 6.54 Å². The highest BCUT2D eigenvalue weighted by Crippen LogP contribution is 2.14. The Morgan fingerprint density at radius 3 is 2.20 bits per heavy atom. The van der Waals surface area contributed by atoms with E-state index in [0.717, 1.165) is 0 Å². The molecule has 0 aliphatic heterocycles. The highest BCUT2D eigenvalue weighted by molar-refractivity contribution is 7.89. The van der Waals surface area contributed by atoms with E-state index in [9.17, 15) is 13.2 Å². The van der Waals surface area contributed by atoms with Gasteiger partial charge in [0.15, 0.2) is 0 Å². The summed E-state index contributed by atoms with van der Waals surface area (Å²) >= 11 is 0. The SMILES string of the molecule is Cc1cc(S(=O)(=O)NCC(C(=O)O)C(C)C)cc(C)n1. The summed E-state index contributed by atoms with van der Waals surface area (Å²) in [5.74, 6) is -1.92. The van der Waals surface area contributed by atoms with Gasteiger partial charge < -0.3 is 5.11 Å². The Morgan fingerprint density at radius 1 is 1.30 bits per heavy atom. The Labute approximate surface area is 119 Å². The first-order chi connectivity index (χ1) is 9.13. The van der Waals surface area contributed by atoms with Crippen molar-refractivity contribution < 1.29 is 18.3 Å². The maximum Gasteiger partial charge on any atom is 0.308 e. The predicted molar refractivity (Wildman–Crippen MR) is 74.9 cm³/mol. The van der Waals surface area contributed by atoms with Crippen LogP contribution in [0.3, 0.4) is 0 Å². The van der Waals surface area contributed by atoms with Gasteiger partial charge >= 0.3 is 5.97 Å². The third-order valence-electron chi connectivity index (χ3n) is 2.98. The van der Waals surface area contributed by atoms with Crippen molar-refractivity contribution >= 4 is 16.0 Å². The van der Waals surface area contributed by atoms with Crippen molar-refractivity contribution in [3.05, 3.63) is 23.5 Å². The number of carbonyl (C=O) groups is 1. The zero-order valence-electron chi connectivity index (χ0n) is 12.0. The maximum atomic E-state index is 12.2. The second-order valence-corrected chi connectivity index (χ2v) is 6.89. The third kappa shape index (κ3) is 4.28. The number of nitrogens with one attached hydrogen (secondary N) is 1. The average molecular weight is 300 g/mol. The van der Waals surface area contributed by atoms with Crippen LogP contribution in [0.2, 0.25) is 0 Å². The van der Waals surface area contributed by atoms with E-state index in [1.54, 1.807) is 27.7 Å². The van der Waals surface area contributed by atoms with Gasteiger partial charge in [-0.3, -0.25) is 9.78 Å². The van der Waals surface area contributed by atoms with Gasteiger partial charge in [-0.1, -0.05) is 13.8 Å². The molecule has 20 heavy (non-hydrogen) atoms. The van der Waals surface area contributed by atoms with Crippen LogP contribution in [-0.4, -0.2) is 31.0 Å². The lowest BCUT2D eigenvalue weighted by molar-refractivity contribution is -0.142. The van der Waals surface area contributed by atoms with Crippen LogP contribution in [0, 0.1) is 25.7 Å². The number of sulfonamides is 1. The number of aromatic nitrogens is 1. The monoisotopic (exact) mass is 300 g/mol. The number of aryl methyl sites for hydroxylation is 2. The fourth-order valence-electron chi connectivity index (χ4n) is 1.84. The molecule has 1 unspecified atom stereocenters. The zero-order chi connectivity index (χ0) is 15.5. The minimum absolute atomic E-state index is 0.107. The van der Waals surface area contributed by atoms with E-state index in [1.165, 1.54) is 12.1 Å². The minimum atomic E-state index is -3.72. The second kappa shape index (κ2) is 6.32. The molecule has 0 radical (unpaired) electrons. The lowest BCUT2D eigenvalue weighted by Crippen LogP contribution is -2.35. The van der Waals surface area contributed by atoms with Gasteiger partial charge in [0.05, 0.1) is 10.8 Å². The summed E-state index contributed by atoms with van der Waals surface area (Å²) < 4.78 is 26.7. The molecule has 112 valence electrons. The fourth-order valence-corrected chi connectivity index (χ4v) is 3.06. The van der Waals surface area contributed by atoms with Gasteiger partial charge in [-0.05, 0) is 31.9 Å². The van der Waals surface area contributed by atoms with Gasteiger partial charge in [0.25, 0.3) is 0 Å². The van der Waals surface area contributed by atoms with E-state index in [4.69, 9.17) is 5.11 Å². The first-order valence-electron chi connectivity index (χ1n) is 6.31. The fraction of sp³-hybridized carbons (Fsp3) is 0.538. The lowest BCUT2D eigenvalue weighted by atomic mass is 9.97. The van der Waals surface area contributed by atoms with Gasteiger partial charge in [-0.25, -0.2) is 13.1 Å². The van der Waals surface area contributed by atoms with E-state index < -0.39 is 21.9 Å². The summed E-state index contributed by atoms with van der Waals surface area (Å²) in [5.41, 5.74) is 1.20. The van der Waals surface area contributed by atoms with Gasteiger partial charge in [0.2, 0.25) is 10.0 Å². The highest BCUT2D eigenvalue weighted by atomic mass is 32.2. The summed E-state index contributed by atoms with van der Waals surface area (Å²) in [5, 5.41) is 9.05. The van der Waals surface area contributed by atoms with Crippen molar-refractivity contribution in [2.24, 2.45) is 11.8 Å². The molecular formula is C13H20N2O4S. The van der Waals surface area contributed by atoms with Crippen LogP contribution < -0.4 is 4.72 Å². The van der Waals surface area contributed by atoms with E-state index in [-0.39, 0.29) is 17.4 Å². The van der Waals surface area contributed by atoms with E-state index in [0.29, 0.717) is 11.4 Å². The molecule has 0 amide bonds. The quantitative estimate of drug-likeness (QED) is 0.826. The van der Waals surface area contributed by atoms with Crippen LogP contribution >= 0.6 is 0 Å². The van der Waals surface area contributed by atoms with E-state index in [2.05, 4.69) is 9.71 Å². The number of aliphatic carboxylic acids is 1. The molecule has 0 aliphatic carbocycles. The number of carboxylic acid groups (broad SMARTS) is 1. The molecule has 1 aromatic rings. The summed E-state index contributed by atoms with van der Waals surface area (Å²) in [6.45, 7) is 6.78. The minimum Gasteiger partial charge on any atom is -0.481 e. The van der Waals surface area contributed by atoms with Gasteiger partial charge in [-0.15, -0.1) is 0 Å². The van der Waals surface area contributed by atoms with Gasteiger partial charge in [0.1, 0.15) is 0 Å². The van der Waals surface area contributed by atoms with Crippen molar-refractivity contribution in [3.8, 4) is 0 Å². The Hall–Kier alpha value is -1.47. The largest absolute Gasteiger partial charge is 0.481 e. The Balaban J connectivity index is 2.92. The van der Waals surface area contributed by atoms with Crippen molar-refractivity contribution in [2.45, 2.75) is 32.6 Å². The highest BCUT2D eigenvalue weighted by Gasteiger charge is 2.24. The Morgan fingerprint density at radius 2 is 1.80 bits per heavy atom. The van der Waals surface area contributed by atoms with Crippen LogP contribution in [0.1, 0.15) is 25.2 Å². The topological polar surface area (TPSA) is 96.4 Å². The van der Waals surface area contributed by atoms with E-state index >= 15 is 0 Å².